The second kappa shape index (κ2) is 6.65. The molecule has 2 aliphatic rings. The Morgan fingerprint density at radius 2 is 2.04 bits per heavy atom. The van der Waals surface area contributed by atoms with E-state index >= 15 is 0 Å². The maximum Gasteiger partial charge on any atom is 0.264 e. The van der Waals surface area contributed by atoms with Crippen molar-refractivity contribution in [1.29, 1.82) is 0 Å². The van der Waals surface area contributed by atoms with E-state index in [4.69, 9.17) is 4.74 Å². The average molecular weight is 345 g/mol. The van der Waals surface area contributed by atoms with Gasteiger partial charge in [0.2, 0.25) is 0 Å². The summed E-state index contributed by atoms with van der Waals surface area (Å²) in [4.78, 5) is 16.5. The maximum absolute atomic E-state index is 14.0. The summed E-state index contributed by atoms with van der Waals surface area (Å²) in [6, 6.07) is 10.7. The lowest BCUT2D eigenvalue weighted by Crippen LogP contribution is -2.37. The molecule has 1 aliphatic carbocycles. The number of benzene rings is 1. The summed E-state index contributed by atoms with van der Waals surface area (Å²) in [5.74, 6) is 0.276. The zero-order valence-electron chi connectivity index (χ0n) is 13.4. The Labute approximate surface area is 145 Å². The van der Waals surface area contributed by atoms with Gasteiger partial charge < -0.3 is 9.64 Å². The highest BCUT2D eigenvalue weighted by Crippen LogP contribution is 2.34. The molecule has 0 N–H and O–H groups in total. The number of nitrogens with zero attached hydrogens (tertiary/aromatic N) is 1. The number of halogens is 1. The molecule has 1 unspecified atom stereocenters. The summed E-state index contributed by atoms with van der Waals surface area (Å²) in [7, 11) is 0. The van der Waals surface area contributed by atoms with Crippen LogP contribution in [0.3, 0.4) is 0 Å². The Bertz CT molecular complexity index is 734. The van der Waals surface area contributed by atoms with Crippen molar-refractivity contribution >= 4 is 17.2 Å². The Kier molecular flexibility index (Phi) is 4.37. The van der Waals surface area contributed by atoms with Crippen LogP contribution >= 0.6 is 11.3 Å². The van der Waals surface area contributed by atoms with Gasteiger partial charge in [-0.1, -0.05) is 18.2 Å². The van der Waals surface area contributed by atoms with Crippen LogP contribution in [-0.4, -0.2) is 36.6 Å². The van der Waals surface area contributed by atoms with Crippen LogP contribution in [0, 0.1) is 11.7 Å². The van der Waals surface area contributed by atoms with Crippen LogP contribution in [0.1, 0.15) is 28.9 Å². The largest absolute Gasteiger partial charge is 0.381 e. The SMILES string of the molecule is O=C(c1ccc(-c2ccccc2F)s1)N(CC1CCOC1)C1CC1. The highest BCUT2D eigenvalue weighted by molar-refractivity contribution is 7.17. The smallest absolute Gasteiger partial charge is 0.264 e. The number of hydrogen-bond donors (Lipinski definition) is 0. The lowest BCUT2D eigenvalue weighted by molar-refractivity contribution is 0.0711. The third-order valence-corrected chi connectivity index (χ3v) is 5.79. The van der Waals surface area contributed by atoms with Crippen molar-refractivity contribution in [3.05, 3.63) is 47.1 Å². The van der Waals surface area contributed by atoms with E-state index in [1.165, 1.54) is 17.4 Å². The number of hydrogen-bond acceptors (Lipinski definition) is 3. The predicted octanol–water partition coefficient (Wildman–Crippen LogP) is 4.20. The van der Waals surface area contributed by atoms with Crippen LogP contribution < -0.4 is 0 Å². The van der Waals surface area contributed by atoms with Gasteiger partial charge in [-0.25, -0.2) is 4.39 Å². The van der Waals surface area contributed by atoms with Gasteiger partial charge >= 0.3 is 0 Å². The number of carbonyl (C=O) groups excluding carboxylic acids is 1. The normalized spacial score (nSPS) is 20.3. The molecule has 0 bridgehead atoms. The minimum atomic E-state index is -0.250. The minimum absolute atomic E-state index is 0.0805. The van der Waals surface area contributed by atoms with Gasteiger partial charge in [-0.3, -0.25) is 4.79 Å². The van der Waals surface area contributed by atoms with E-state index in [2.05, 4.69) is 0 Å². The summed E-state index contributed by atoms with van der Waals surface area (Å²) in [5.41, 5.74) is 0.559. The topological polar surface area (TPSA) is 29.5 Å². The number of carbonyl (C=O) groups is 1. The highest BCUT2D eigenvalue weighted by Gasteiger charge is 2.35. The van der Waals surface area contributed by atoms with Crippen molar-refractivity contribution < 1.29 is 13.9 Å². The van der Waals surface area contributed by atoms with Gasteiger partial charge in [-0.05, 0) is 37.5 Å². The Morgan fingerprint density at radius 1 is 1.21 bits per heavy atom. The predicted molar refractivity (Wildman–Crippen MR) is 92.7 cm³/mol. The van der Waals surface area contributed by atoms with Crippen LogP contribution in [0.15, 0.2) is 36.4 Å². The molecule has 1 amide bonds. The first-order valence-corrected chi connectivity index (χ1v) is 9.27. The summed E-state index contributed by atoms with van der Waals surface area (Å²) < 4.78 is 19.4. The van der Waals surface area contributed by atoms with Gasteiger partial charge in [0.1, 0.15) is 5.82 Å². The summed E-state index contributed by atoms with van der Waals surface area (Å²) >= 11 is 1.38. The molecular formula is C19H20FNO2S. The molecule has 24 heavy (non-hydrogen) atoms. The first kappa shape index (κ1) is 15.8. The molecule has 1 aromatic carbocycles. The van der Waals surface area contributed by atoms with Gasteiger partial charge in [0.15, 0.2) is 0 Å². The Morgan fingerprint density at radius 3 is 2.75 bits per heavy atom. The minimum Gasteiger partial charge on any atom is -0.381 e. The van der Waals surface area contributed by atoms with Crippen molar-refractivity contribution in [2.45, 2.75) is 25.3 Å². The van der Waals surface area contributed by atoms with Crippen molar-refractivity contribution in [1.82, 2.24) is 4.90 Å². The number of rotatable bonds is 5. The summed E-state index contributed by atoms with van der Waals surface area (Å²) in [6.45, 7) is 2.33. The molecule has 3 nitrogen and oxygen atoms in total. The van der Waals surface area contributed by atoms with E-state index in [0.717, 1.165) is 43.9 Å². The molecule has 2 fully saturated rings. The van der Waals surface area contributed by atoms with Crippen LogP contribution in [0.25, 0.3) is 10.4 Å². The summed E-state index contributed by atoms with van der Waals surface area (Å²) in [6.07, 6.45) is 3.21. The second-order valence-corrected chi connectivity index (χ2v) is 7.65. The molecule has 0 spiro atoms. The molecule has 2 aromatic rings. The van der Waals surface area contributed by atoms with Gasteiger partial charge in [-0.15, -0.1) is 11.3 Å². The van der Waals surface area contributed by atoms with Crippen molar-refractivity contribution in [3.63, 3.8) is 0 Å². The molecule has 126 valence electrons. The molecule has 2 heterocycles. The lowest BCUT2D eigenvalue weighted by atomic mass is 10.1. The van der Waals surface area contributed by atoms with Crippen LogP contribution in [-0.2, 0) is 4.74 Å². The molecule has 5 heteroatoms. The standard InChI is InChI=1S/C19H20FNO2S/c20-16-4-2-1-3-15(16)17-7-8-18(24-17)19(22)21(14-5-6-14)11-13-9-10-23-12-13/h1-4,7-8,13-14H,5-6,9-12H2. The molecule has 0 radical (unpaired) electrons. The molecule has 1 aromatic heterocycles. The van der Waals surface area contributed by atoms with E-state index in [0.29, 0.717) is 22.4 Å². The molecule has 4 rings (SSSR count). The molecule has 1 saturated carbocycles. The Hall–Kier alpha value is -1.72. The van der Waals surface area contributed by atoms with Crippen molar-refractivity contribution in [3.8, 4) is 10.4 Å². The first-order valence-electron chi connectivity index (χ1n) is 8.46. The van der Waals surface area contributed by atoms with E-state index in [9.17, 15) is 9.18 Å². The molecule has 1 saturated heterocycles. The zero-order valence-corrected chi connectivity index (χ0v) is 14.2. The first-order chi connectivity index (χ1) is 11.7. The number of ether oxygens (including phenoxy) is 1. The third kappa shape index (κ3) is 3.23. The fourth-order valence-electron chi connectivity index (χ4n) is 3.19. The van der Waals surface area contributed by atoms with Crippen LogP contribution in [0.4, 0.5) is 4.39 Å². The molecule has 1 aliphatic heterocycles. The van der Waals surface area contributed by atoms with E-state index in [1.807, 2.05) is 23.1 Å². The zero-order chi connectivity index (χ0) is 16.5. The maximum atomic E-state index is 14.0. The monoisotopic (exact) mass is 345 g/mol. The highest BCUT2D eigenvalue weighted by atomic mass is 32.1. The third-order valence-electron chi connectivity index (χ3n) is 4.68. The fourth-order valence-corrected chi connectivity index (χ4v) is 4.18. The number of thiophene rings is 1. The van der Waals surface area contributed by atoms with Crippen molar-refractivity contribution in [2.24, 2.45) is 5.92 Å². The fraction of sp³-hybridized carbons (Fsp3) is 0.421. The van der Waals surface area contributed by atoms with E-state index < -0.39 is 0 Å². The van der Waals surface area contributed by atoms with Gasteiger partial charge in [-0.2, -0.15) is 0 Å². The van der Waals surface area contributed by atoms with Gasteiger partial charge in [0.05, 0.1) is 11.5 Å². The molecular weight excluding hydrogens is 325 g/mol. The van der Waals surface area contributed by atoms with E-state index in [1.54, 1.807) is 12.1 Å². The van der Waals surface area contributed by atoms with E-state index in [-0.39, 0.29) is 11.7 Å². The second-order valence-electron chi connectivity index (χ2n) is 6.56. The lowest BCUT2D eigenvalue weighted by Gasteiger charge is -2.24. The van der Waals surface area contributed by atoms with Gasteiger partial charge in [0, 0.05) is 35.6 Å². The Balaban J connectivity index is 1.54. The van der Waals surface area contributed by atoms with Crippen LogP contribution in [0.5, 0.6) is 0 Å². The van der Waals surface area contributed by atoms with Gasteiger partial charge in [0.25, 0.3) is 5.91 Å². The average Bonchev–Trinajstić information content (AvgIpc) is 3.10. The van der Waals surface area contributed by atoms with Crippen LogP contribution in [0.2, 0.25) is 0 Å². The van der Waals surface area contributed by atoms with Crippen molar-refractivity contribution in [2.75, 3.05) is 19.8 Å². The molecule has 1 atom stereocenters. The summed E-state index contributed by atoms with van der Waals surface area (Å²) in [5, 5.41) is 0. The quantitative estimate of drug-likeness (QED) is 0.813. The number of amides is 1.